The number of Topliss-reactive ketones (excluding diaryl/α,β-unsaturated/α-hetero) is 1. The van der Waals surface area contributed by atoms with Crippen LogP contribution in [-0.2, 0) is 12.8 Å². The molecule has 0 N–H and O–H groups in total. The molecule has 15 heavy (non-hydrogen) atoms. The number of hydrogen-bond acceptors (Lipinski definition) is 2. The third kappa shape index (κ3) is 0.991. The van der Waals surface area contributed by atoms with Gasteiger partial charge >= 0.3 is 0 Å². The van der Waals surface area contributed by atoms with Crippen LogP contribution in [-0.4, -0.2) is 12.4 Å². The normalized spacial score (nSPS) is 17.6. The summed E-state index contributed by atoms with van der Waals surface area (Å²) in [5.74, 6) is -1.99. The van der Waals surface area contributed by atoms with Crippen LogP contribution in [0.4, 0.5) is 8.78 Å². The van der Waals surface area contributed by atoms with Gasteiger partial charge in [-0.3, -0.25) is 4.79 Å². The summed E-state index contributed by atoms with van der Waals surface area (Å²) in [5.41, 5.74) is 1.18. The number of fused-ring (bicyclic) bond motifs is 3. The van der Waals surface area contributed by atoms with Gasteiger partial charge in [-0.1, -0.05) is 0 Å². The summed E-state index contributed by atoms with van der Waals surface area (Å²) in [5, 5.41) is 0. The lowest BCUT2D eigenvalue weighted by Crippen LogP contribution is -2.02. The van der Waals surface area contributed by atoms with Crippen molar-refractivity contribution in [2.24, 2.45) is 0 Å². The van der Waals surface area contributed by atoms with Crippen LogP contribution in [0.5, 0.6) is 5.75 Å². The van der Waals surface area contributed by atoms with Crippen molar-refractivity contribution in [3.63, 3.8) is 0 Å². The molecule has 1 aromatic carbocycles. The molecule has 1 heterocycles. The Morgan fingerprint density at radius 2 is 1.80 bits per heavy atom. The fraction of sp³-hybridized carbons (Fsp3) is 0.364. The highest BCUT2D eigenvalue weighted by atomic mass is 19.2. The van der Waals surface area contributed by atoms with E-state index in [4.69, 9.17) is 4.74 Å². The number of halogens is 2. The van der Waals surface area contributed by atoms with Crippen molar-refractivity contribution in [3.8, 4) is 5.75 Å². The molecule has 1 aliphatic heterocycles. The average Bonchev–Trinajstić information content (AvgIpc) is 2.80. The maximum Gasteiger partial charge on any atom is 0.201 e. The number of ether oxygens (including phenoxy) is 1. The average molecular weight is 210 g/mol. The van der Waals surface area contributed by atoms with Gasteiger partial charge in [-0.05, 0) is 6.42 Å². The number of hydrogen-bond donors (Lipinski definition) is 0. The predicted octanol–water partition coefficient (Wildman–Crippen LogP) is 2.03. The molecule has 0 saturated heterocycles. The van der Waals surface area contributed by atoms with Gasteiger partial charge in [0.15, 0.2) is 17.3 Å². The molecule has 2 aliphatic rings. The lowest BCUT2D eigenvalue weighted by atomic mass is 10.00. The van der Waals surface area contributed by atoms with Gasteiger partial charge in [0, 0.05) is 29.5 Å². The molecule has 0 radical (unpaired) electrons. The van der Waals surface area contributed by atoms with E-state index in [9.17, 15) is 13.6 Å². The van der Waals surface area contributed by atoms with E-state index in [1.54, 1.807) is 0 Å². The van der Waals surface area contributed by atoms with Crippen molar-refractivity contribution < 1.29 is 18.3 Å². The highest BCUT2D eigenvalue weighted by molar-refractivity contribution is 6.02. The zero-order valence-corrected chi connectivity index (χ0v) is 7.90. The molecule has 78 valence electrons. The molecule has 0 aromatic heterocycles. The Bertz CT molecular complexity index is 480. The first kappa shape index (κ1) is 8.83. The van der Waals surface area contributed by atoms with Crippen LogP contribution in [0.15, 0.2) is 0 Å². The van der Waals surface area contributed by atoms with Crippen LogP contribution in [0.2, 0.25) is 0 Å². The summed E-state index contributed by atoms with van der Waals surface area (Å²) in [6.07, 6.45) is 1.09. The van der Waals surface area contributed by atoms with Crippen molar-refractivity contribution in [1.82, 2.24) is 0 Å². The zero-order valence-electron chi connectivity index (χ0n) is 7.90. The molecule has 0 atom stereocenters. The van der Waals surface area contributed by atoms with Gasteiger partial charge in [0.2, 0.25) is 5.82 Å². The number of benzene rings is 1. The quantitative estimate of drug-likeness (QED) is 0.654. The molecular formula is C11H8F2O2. The van der Waals surface area contributed by atoms with Crippen LogP contribution in [0, 0.1) is 11.6 Å². The van der Waals surface area contributed by atoms with Crippen LogP contribution in [0.1, 0.15) is 27.9 Å². The summed E-state index contributed by atoms with van der Waals surface area (Å²) in [4.78, 5) is 11.5. The van der Waals surface area contributed by atoms with Gasteiger partial charge < -0.3 is 4.74 Å². The summed E-state index contributed by atoms with van der Waals surface area (Å²) < 4.78 is 32.0. The summed E-state index contributed by atoms with van der Waals surface area (Å²) in [6.45, 7) is 0.329. The second-order valence-corrected chi connectivity index (χ2v) is 3.81. The van der Waals surface area contributed by atoms with E-state index in [1.807, 2.05) is 0 Å². The Morgan fingerprint density at radius 3 is 2.60 bits per heavy atom. The monoisotopic (exact) mass is 210 g/mol. The van der Waals surface area contributed by atoms with E-state index in [-0.39, 0.29) is 23.5 Å². The van der Waals surface area contributed by atoms with E-state index < -0.39 is 11.6 Å². The highest BCUT2D eigenvalue weighted by Crippen LogP contribution is 2.39. The Labute approximate surface area is 84.9 Å². The Hall–Kier alpha value is -1.45. The van der Waals surface area contributed by atoms with Crippen molar-refractivity contribution in [2.45, 2.75) is 19.3 Å². The van der Waals surface area contributed by atoms with Crippen LogP contribution < -0.4 is 4.74 Å². The SMILES string of the molecule is O=C1CCc2c(F)c(F)c3c(c21)CCO3. The first-order valence-corrected chi connectivity index (χ1v) is 4.89. The number of rotatable bonds is 0. The maximum atomic E-state index is 13.5. The summed E-state index contributed by atoms with van der Waals surface area (Å²) in [6, 6.07) is 0. The van der Waals surface area contributed by atoms with Gasteiger partial charge in [0.25, 0.3) is 0 Å². The van der Waals surface area contributed by atoms with E-state index in [0.717, 1.165) is 0 Å². The Morgan fingerprint density at radius 1 is 1.00 bits per heavy atom. The minimum absolute atomic E-state index is 0.0542. The van der Waals surface area contributed by atoms with Gasteiger partial charge in [0.05, 0.1) is 6.61 Å². The topological polar surface area (TPSA) is 26.3 Å². The molecule has 4 heteroatoms. The molecule has 1 aliphatic carbocycles. The maximum absolute atomic E-state index is 13.5. The fourth-order valence-corrected chi connectivity index (χ4v) is 2.35. The number of ketones is 1. The van der Waals surface area contributed by atoms with Crippen molar-refractivity contribution in [2.75, 3.05) is 6.61 Å². The summed E-state index contributed by atoms with van der Waals surface area (Å²) >= 11 is 0. The zero-order chi connectivity index (χ0) is 10.6. The second-order valence-electron chi connectivity index (χ2n) is 3.81. The smallest absolute Gasteiger partial charge is 0.201 e. The van der Waals surface area contributed by atoms with Crippen molar-refractivity contribution in [3.05, 3.63) is 28.3 Å². The Kier molecular flexibility index (Phi) is 1.63. The molecule has 0 unspecified atom stereocenters. The lowest BCUT2D eigenvalue weighted by Gasteiger charge is -2.07. The largest absolute Gasteiger partial charge is 0.490 e. The predicted molar refractivity (Wildman–Crippen MR) is 48.2 cm³/mol. The third-order valence-corrected chi connectivity index (χ3v) is 3.01. The van der Waals surface area contributed by atoms with Crippen LogP contribution in [0.25, 0.3) is 0 Å². The molecule has 0 saturated carbocycles. The van der Waals surface area contributed by atoms with Gasteiger partial charge in [-0.2, -0.15) is 4.39 Å². The van der Waals surface area contributed by atoms with Gasteiger partial charge in [-0.15, -0.1) is 0 Å². The minimum atomic E-state index is -0.934. The molecule has 0 fully saturated rings. The molecule has 0 amide bonds. The van der Waals surface area contributed by atoms with E-state index in [2.05, 4.69) is 0 Å². The van der Waals surface area contributed by atoms with Crippen LogP contribution in [0.3, 0.4) is 0 Å². The molecule has 2 nitrogen and oxygen atoms in total. The van der Waals surface area contributed by atoms with Gasteiger partial charge in [0.1, 0.15) is 0 Å². The standard InChI is InChI=1S/C11H8F2O2/c12-9-5-1-2-7(14)8(5)6-3-4-15-11(6)10(9)13/h1-4H2. The van der Waals surface area contributed by atoms with Gasteiger partial charge in [-0.25, -0.2) is 4.39 Å². The van der Waals surface area contributed by atoms with Crippen molar-refractivity contribution >= 4 is 5.78 Å². The molecule has 0 bridgehead atoms. The van der Waals surface area contributed by atoms with E-state index >= 15 is 0 Å². The lowest BCUT2D eigenvalue weighted by molar-refractivity contribution is 0.0994. The molecule has 1 aromatic rings. The second kappa shape index (κ2) is 2.78. The summed E-state index contributed by atoms with van der Waals surface area (Å²) in [7, 11) is 0. The first-order valence-electron chi connectivity index (χ1n) is 4.89. The molecule has 3 rings (SSSR count). The third-order valence-electron chi connectivity index (χ3n) is 3.01. The Balaban J connectivity index is 2.39. The highest BCUT2D eigenvalue weighted by Gasteiger charge is 2.34. The van der Waals surface area contributed by atoms with Crippen molar-refractivity contribution in [1.29, 1.82) is 0 Å². The number of carbonyl (C=O) groups is 1. The molecular weight excluding hydrogens is 202 g/mol. The van der Waals surface area contributed by atoms with E-state index in [1.165, 1.54) is 0 Å². The van der Waals surface area contributed by atoms with Crippen LogP contribution >= 0.6 is 0 Å². The number of carbonyl (C=O) groups excluding carboxylic acids is 1. The minimum Gasteiger partial charge on any atom is -0.490 e. The van der Waals surface area contributed by atoms with E-state index in [0.29, 0.717) is 30.6 Å². The molecule has 0 spiro atoms. The fourth-order valence-electron chi connectivity index (χ4n) is 2.35. The first-order chi connectivity index (χ1) is 7.20.